The van der Waals surface area contributed by atoms with Crippen LogP contribution in [0, 0.1) is 10.3 Å². The van der Waals surface area contributed by atoms with Crippen LogP contribution in [0.3, 0.4) is 0 Å². The minimum atomic E-state index is -2.51. The molecule has 1 N–H and O–H groups in total. The van der Waals surface area contributed by atoms with Gasteiger partial charge in [0.25, 0.3) is 0 Å². The van der Waals surface area contributed by atoms with Crippen LogP contribution in [0.1, 0.15) is 49.2 Å². The molecular weight excluding hydrogens is 398 g/mol. The van der Waals surface area contributed by atoms with Gasteiger partial charge in [0, 0.05) is 35.5 Å². The van der Waals surface area contributed by atoms with E-state index in [1.165, 1.54) is 18.3 Å². The monoisotopic (exact) mass is 420 g/mol. The van der Waals surface area contributed by atoms with E-state index in [-0.39, 0.29) is 35.1 Å². The highest BCUT2D eigenvalue weighted by Crippen LogP contribution is 2.45. The normalized spacial score (nSPS) is 15.5. The molecule has 1 aliphatic heterocycles. The summed E-state index contributed by atoms with van der Waals surface area (Å²) < 4.78 is 31.8. The van der Waals surface area contributed by atoms with E-state index in [1.54, 1.807) is 10.6 Å². The van der Waals surface area contributed by atoms with Crippen LogP contribution in [0.2, 0.25) is 0 Å². The summed E-state index contributed by atoms with van der Waals surface area (Å²) in [4.78, 5) is 34.9. The SMILES string of the molecule is CC(C)(C)C1Cc2cc(OCCC(F)F)c(O)cc2-c2cc(=O)c(C(=O)N=O)cn21. The molecule has 1 unspecified atom stereocenters. The van der Waals surface area contributed by atoms with Gasteiger partial charge >= 0.3 is 5.91 Å². The number of phenols is 1. The highest BCUT2D eigenvalue weighted by molar-refractivity contribution is 5.94. The molecule has 1 aromatic heterocycles. The number of amides is 1. The van der Waals surface area contributed by atoms with E-state index in [4.69, 9.17) is 4.74 Å². The molecule has 160 valence electrons. The summed E-state index contributed by atoms with van der Waals surface area (Å²) in [6.07, 6.45) is -1.15. The second-order valence-corrected chi connectivity index (χ2v) is 8.33. The number of aromatic hydroxyl groups is 1. The molecule has 3 rings (SSSR count). The Morgan fingerprint density at radius 1 is 1.33 bits per heavy atom. The molecule has 0 radical (unpaired) electrons. The first-order chi connectivity index (χ1) is 14.0. The highest BCUT2D eigenvalue weighted by Gasteiger charge is 2.34. The zero-order valence-corrected chi connectivity index (χ0v) is 16.8. The van der Waals surface area contributed by atoms with Crippen molar-refractivity contribution in [3.8, 4) is 22.8 Å². The Hall–Kier alpha value is -3.10. The number of benzene rings is 1. The number of hydrogen-bond donors (Lipinski definition) is 1. The van der Waals surface area contributed by atoms with Gasteiger partial charge < -0.3 is 14.4 Å². The van der Waals surface area contributed by atoms with Crippen molar-refractivity contribution in [3.63, 3.8) is 0 Å². The van der Waals surface area contributed by atoms with Gasteiger partial charge in [-0.2, -0.15) is 0 Å². The number of rotatable bonds is 5. The van der Waals surface area contributed by atoms with Gasteiger partial charge in [-0.05, 0) is 29.5 Å². The summed E-state index contributed by atoms with van der Waals surface area (Å²) in [6.45, 7) is 5.73. The van der Waals surface area contributed by atoms with Crippen molar-refractivity contribution in [1.29, 1.82) is 0 Å². The molecule has 9 heteroatoms. The van der Waals surface area contributed by atoms with E-state index in [9.17, 15) is 28.4 Å². The molecule has 1 amide bonds. The summed E-state index contributed by atoms with van der Waals surface area (Å²) in [5.41, 5.74) is 0.533. The number of nitroso groups, excluding NO2 is 1. The average molecular weight is 420 g/mol. The Bertz CT molecular complexity index is 1060. The third-order valence-electron chi connectivity index (χ3n) is 5.20. The fourth-order valence-corrected chi connectivity index (χ4v) is 3.65. The van der Waals surface area contributed by atoms with E-state index < -0.39 is 24.2 Å². The molecule has 1 atom stereocenters. The number of fused-ring (bicyclic) bond motifs is 3. The van der Waals surface area contributed by atoms with E-state index in [2.05, 4.69) is 5.18 Å². The predicted octanol–water partition coefficient (Wildman–Crippen LogP) is 4.30. The Morgan fingerprint density at radius 2 is 2.03 bits per heavy atom. The van der Waals surface area contributed by atoms with Gasteiger partial charge in [-0.15, -0.1) is 4.91 Å². The number of carbonyl (C=O) groups is 1. The molecule has 0 saturated carbocycles. The minimum absolute atomic E-state index is 0.0924. The number of alkyl halides is 2. The van der Waals surface area contributed by atoms with Crippen molar-refractivity contribution in [2.24, 2.45) is 10.6 Å². The third kappa shape index (κ3) is 4.10. The Balaban J connectivity index is 2.14. The van der Waals surface area contributed by atoms with Gasteiger partial charge in [-0.25, -0.2) is 8.78 Å². The summed E-state index contributed by atoms with van der Waals surface area (Å²) >= 11 is 0. The molecule has 0 spiro atoms. The van der Waals surface area contributed by atoms with E-state index in [0.717, 1.165) is 5.56 Å². The summed E-state index contributed by atoms with van der Waals surface area (Å²) in [7, 11) is 0. The third-order valence-corrected chi connectivity index (χ3v) is 5.20. The summed E-state index contributed by atoms with van der Waals surface area (Å²) in [6, 6.07) is 4.05. The van der Waals surface area contributed by atoms with Crippen molar-refractivity contribution < 1.29 is 23.4 Å². The van der Waals surface area contributed by atoms with Crippen LogP contribution < -0.4 is 10.2 Å². The van der Waals surface area contributed by atoms with Gasteiger partial charge in [-0.1, -0.05) is 20.8 Å². The maximum absolute atomic E-state index is 12.4. The van der Waals surface area contributed by atoms with Crippen molar-refractivity contribution in [2.45, 2.75) is 46.1 Å². The molecule has 7 nitrogen and oxygen atoms in total. The van der Waals surface area contributed by atoms with Gasteiger partial charge in [0.2, 0.25) is 6.43 Å². The van der Waals surface area contributed by atoms with Gasteiger partial charge in [0.15, 0.2) is 16.9 Å². The van der Waals surface area contributed by atoms with Crippen LogP contribution in [-0.2, 0) is 6.42 Å². The number of nitrogens with zero attached hydrogens (tertiary/aromatic N) is 2. The number of hydrogen-bond acceptors (Lipinski definition) is 5. The van der Waals surface area contributed by atoms with Crippen LogP contribution in [0.4, 0.5) is 8.78 Å². The topological polar surface area (TPSA) is 98.0 Å². The van der Waals surface area contributed by atoms with Crippen LogP contribution >= 0.6 is 0 Å². The Kier molecular flexibility index (Phi) is 5.74. The number of carbonyl (C=O) groups excluding carboxylic acids is 1. The number of aromatic nitrogens is 1. The second-order valence-electron chi connectivity index (χ2n) is 8.33. The minimum Gasteiger partial charge on any atom is -0.504 e. The molecular formula is C21H22F2N2O5. The standard InChI is InChI=1S/C21H22F2N2O5/c1-21(2,3)18-7-11-6-17(30-5-4-19(22)23)16(27)8-12(11)14-9-15(26)13(10-25(14)18)20(28)24-29/h6,8-10,18-19,27H,4-5,7H2,1-3H3. The number of ether oxygens (including phenoxy) is 1. The Labute approximate surface area is 171 Å². The van der Waals surface area contributed by atoms with Gasteiger partial charge in [0.1, 0.15) is 5.56 Å². The molecule has 0 saturated heterocycles. The van der Waals surface area contributed by atoms with E-state index >= 15 is 0 Å². The van der Waals surface area contributed by atoms with Gasteiger partial charge in [-0.3, -0.25) is 9.59 Å². The summed E-state index contributed by atoms with van der Waals surface area (Å²) in [5.74, 6) is -1.29. The first-order valence-electron chi connectivity index (χ1n) is 9.44. The lowest BCUT2D eigenvalue weighted by Crippen LogP contribution is -2.32. The quantitative estimate of drug-likeness (QED) is 0.727. The predicted molar refractivity (Wildman–Crippen MR) is 106 cm³/mol. The number of pyridine rings is 1. The lowest BCUT2D eigenvalue weighted by molar-refractivity contribution is 0.0998. The van der Waals surface area contributed by atoms with Crippen LogP contribution in [0.5, 0.6) is 11.5 Å². The van der Waals surface area contributed by atoms with Crippen LogP contribution in [0.25, 0.3) is 11.3 Å². The average Bonchev–Trinajstić information content (AvgIpc) is 2.66. The fourth-order valence-electron chi connectivity index (χ4n) is 3.65. The maximum atomic E-state index is 12.4. The zero-order chi connectivity index (χ0) is 22.2. The first kappa shape index (κ1) is 21.6. The zero-order valence-electron chi connectivity index (χ0n) is 16.8. The lowest BCUT2D eigenvalue weighted by atomic mass is 9.78. The molecule has 2 aromatic rings. The Morgan fingerprint density at radius 3 is 2.63 bits per heavy atom. The molecule has 0 fully saturated rings. The molecule has 2 heterocycles. The van der Waals surface area contributed by atoms with Crippen molar-refractivity contribution in [3.05, 3.63) is 50.7 Å². The first-order valence-corrected chi connectivity index (χ1v) is 9.44. The second kappa shape index (κ2) is 7.97. The smallest absolute Gasteiger partial charge is 0.322 e. The van der Waals surface area contributed by atoms with Gasteiger partial charge in [0.05, 0.1) is 12.3 Å². The van der Waals surface area contributed by atoms with Crippen LogP contribution in [-0.4, -0.2) is 28.6 Å². The van der Waals surface area contributed by atoms with Crippen molar-refractivity contribution >= 4 is 5.91 Å². The van der Waals surface area contributed by atoms with E-state index in [0.29, 0.717) is 17.7 Å². The van der Waals surface area contributed by atoms with Crippen molar-refractivity contribution in [2.75, 3.05) is 6.61 Å². The number of halogens is 2. The number of phenolic OH excluding ortho intramolecular Hbond substituents is 1. The van der Waals surface area contributed by atoms with Crippen molar-refractivity contribution in [1.82, 2.24) is 4.57 Å². The molecule has 0 aliphatic carbocycles. The fraction of sp³-hybridized carbons (Fsp3) is 0.429. The molecule has 30 heavy (non-hydrogen) atoms. The lowest BCUT2D eigenvalue weighted by Gasteiger charge is -2.39. The van der Waals surface area contributed by atoms with Crippen LogP contribution in [0.15, 0.2) is 34.4 Å². The molecule has 0 bridgehead atoms. The maximum Gasteiger partial charge on any atom is 0.322 e. The highest BCUT2D eigenvalue weighted by atomic mass is 19.3. The largest absolute Gasteiger partial charge is 0.504 e. The molecule has 1 aliphatic rings. The van der Waals surface area contributed by atoms with E-state index in [1.807, 2.05) is 20.8 Å². The molecule has 1 aromatic carbocycles. The summed E-state index contributed by atoms with van der Waals surface area (Å²) in [5, 5.41) is 12.7.